The molecule has 2 heterocycles. The van der Waals surface area contributed by atoms with E-state index < -0.39 is 0 Å². The van der Waals surface area contributed by atoms with Crippen molar-refractivity contribution in [3.8, 4) is 50.2 Å². The summed E-state index contributed by atoms with van der Waals surface area (Å²) >= 11 is 0. The van der Waals surface area contributed by atoms with Gasteiger partial charge in [-0.25, -0.2) is 0 Å². The lowest BCUT2D eigenvalue weighted by molar-refractivity contribution is 0.670. The molecular weight excluding hydrogens is 813 g/mol. The molecule has 13 rings (SSSR count). The number of hydrogen-bond donors (Lipinski definition) is 0. The maximum absolute atomic E-state index is 7.06. The van der Waals surface area contributed by atoms with Gasteiger partial charge in [-0.15, -0.1) is 0 Å². The highest BCUT2D eigenvalue weighted by Crippen LogP contribution is 2.49. The summed E-state index contributed by atoms with van der Waals surface area (Å²) in [5, 5.41) is 7.10. The van der Waals surface area contributed by atoms with Gasteiger partial charge in [0.2, 0.25) is 0 Å². The van der Waals surface area contributed by atoms with Crippen LogP contribution < -0.4 is 4.90 Å². The Morgan fingerprint density at radius 1 is 0.328 bits per heavy atom. The maximum atomic E-state index is 7.06. The van der Waals surface area contributed by atoms with Gasteiger partial charge < -0.3 is 13.9 Å². The second-order valence-electron chi connectivity index (χ2n) is 17.2. The van der Waals surface area contributed by atoms with Gasteiger partial charge in [-0.05, 0) is 111 Å². The molecule has 0 aliphatic heterocycles. The van der Waals surface area contributed by atoms with E-state index in [0.717, 1.165) is 83.5 Å². The van der Waals surface area contributed by atoms with E-state index >= 15 is 0 Å². The number of furan rings is 1. The highest BCUT2D eigenvalue weighted by atomic mass is 16.3. The van der Waals surface area contributed by atoms with E-state index in [2.05, 4.69) is 264 Å². The molecule has 0 aliphatic carbocycles. The summed E-state index contributed by atoms with van der Waals surface area (Å²) in [6.07, 6.45) is 0. The largest absolute Gasteiger partial charge is 0.455 e. The molecule has 3 heteroatoms. The zero-order valence-electron chi connectivity index (χ0n) is 36.6. The van der Waals surface area contributed by atoms with Crippen LogP contribution in [0, 0.1) is 0 Å². The van der Waals surface area contributed by atoms with Gasteiger partial charge in [0.05, 0.1) is 28.0 Å². The van der Waals surface area contributed by atoms with Gasteiger partial charge in [0, 0.05) is 38.5 Å². The van der Waals surface area contributed by atoms with Crippen LogP contribution in [0.4, 0.5) is 17.1 Å². The van der Waals surface area contributed by atoms with E-state index in [4.69, 9.17) is 4.42 Å². The molecule has 0 fully saturated rings. The Morgan fingerprint density at radius 2 is 0.896 bits per heavy atom. The smallest absolute Gasteiger partial charge is 0.145 e. The molecule has 2 aromatic heterocycles. The normalized spacial score (nSPS) is 11.6. The van der Waals surface area contributed by atoms with E-state index in [0.29, 0.717) is 0 Å². The average Bonchev–Trinajstić information content (AvgIpc) is 3.95. The molecule has 0 N–H and O–H groups in total. The first-order valence-electron chi connectivity index (χ1n) is 22.9. The molecule has 0 atom stereocenters. The molecule has 0 amide bonds. The van der Waals surface area contributed by atoms with Crippen molar-refractivity contribution in [2.75, 3.05) is 4.90 Å². The van der Waals surface area contributed by atoms with Crippen molar-refractivity contribution < 1.29 is 4.42 Å². The quantitative estimate of drug-likeness (QED) is 0.152. The van der Waals surface area contributed by atoms with Crippen LogP contribution in [0.1, 0.15) is 0 Å². The molecule has 0 bridgehead atoms. The molecule has 0 unspecified atom stereocenters. The number of benzene rings is 11. The maximum Gasteiger partial charge on any atom is 0.145 e. The second kappa shape index (κ2) is 16.0. The number of rotatable bonds is 8. The molecule has 13 aromatic rings. The van der Waals surface area contributed by atoms with Crippen molar-refractivity contribution in [2.24, 2.45) is 0 Å². The van der Waals surface area contributed by atoms with Crippen LogP contribution in [0.3, 0.4) is 0 Å². The van der Waals surface area contributed by atoms with E-state index in [1.807, 2.05) is 0 Å². The summed E-state index contributed by atoms with van der Waals surface area (Å²) < 4.78 is 9.48. The van der Waals surface area contributed by atoms with Gasteiger partial charge in [-0.3, -0.25) is 0 Å². The SMILES string of the molecule is c1ccc(-c2cccc(N(c3ccc(-c4cccc(-c5cccc6ccccc56)c4)cc3)c3ccc4c(oc5ccccc54)c3-c3ccccc3-n3c4ccccc4c4ccccc43)c2)cc1. The third-order valence-corrected chi connectivity index (χ3v) is 13.4. The fourth-order valence-corrected chi connectivity index (χ4v) is 10.3. The van der Waals surface area contributed by atoms with E-state index in [9.17, 15) is 0 Å². The third-order valence-electron chi connectivity index (χ3n) is 13.4. The third kappa shape index (κ3) is 6.51. The molecule has 3 nitrogen and oxygen atoms in total. The molecular formula is C64H42N2O. The molecule has 314 valence electrons. The molecule has 0 saturated carbocycles. The van der Waals surface area contributed by atoms with Crippen molar-refractivity contribution in [3.63, 3.8) is 0 Å². The molecule has 0 aliphatic rings. The Morgan fingerprint density at radius 3 is 1.70 bits per heavy atom. The fourth-order valence-electron chi connectivity index (χ4n) is 10.3. The topological polar surface area (TPSA) is 21.3 Å². The molecule has 11 aromatic carbocycles. The van der Waals surface area contributed by atoms with E-state index in [1.165, 1.54) is 38.2 Å². The molecule has 0 spiro atoms. The monoisotopic (exact) mass is 854 g/mol. The van der Waals surface area contributed by atoms with Crippen LogP contribution >= 0.6 is 0 Å². The predicted octanol–water partition coefficient (Wildman–Crippen LogP) is 18.0. The van der Waals surface area contributed by atoms with Crippen LogP contribution in [0.15, 0.2) is 259 Å². The van der Waals surface area contributed by atoms with Gasteiger partial charge in [0.1, 0.15) is 11.2 Å². The number of nitrogens with zero attached hydrogens (tertiary/aromatic N) is 2. The van der Waals surface area contributed by atoms with E-state index in [-0.39, 0.29) is 0 Å². The zero-order valence-corrected chi connectivity index (χ0v) is 36.6. The molecule has 67 heavy (non-hydrogen) atoms. The van der Waals surface area contributed by atoms with Crippen LogP contribution in [0.2, 0.25) is 0 Å². The Bertz CT molecular complexity index is 3930. The van der Waals surface area contributed by atoms with Crippen LogP contribution in [-0.4, -0.2) is 4.57 Å². The predicted molar refractivity (Wildman–Crippen MR) is 282 cm³/mol. The highest BCUT2D eigenvalue weighted by Gasteiger charge is 2.26. The minimum absolute atomic E-state index is 0.845. The summed E-state index contributed by atoms with van der Waals surface area (Å²) in [6.45, 7) is 0. The van der Waals surface area contributed by atoms with Gasteiger partial charge in [-0.2, -0.15) is 0 Å². The molecule has 0 saturated heterocycles. The first kappa shape index (κ1) is 38.5. The standard InChI is InChI=1S/C64H42N2O/c1-2-17-43(18-3-1)47-22-15-24-50(42-47)65(49-37-35-44(36-38-49)46-21-14-23-48(41-46)52-30-16-20-45-19-4-5-25-51(45)52)61-40-39-56-55-28-9-13-34-62(55)67-64(56)63(61)57-29-8-12-33-60(57)66-58-31-10-6-26-53(58)54-27-7-11-32-59(54)66/h1-42H. The van der Waals surface area contributed by atoms with Crippen molar-refractivity contribution in [1.29, 1.82) is 0 Å². The summed E-state index contributed by atoms with van der Waals surface area (Å²) in [5.41, 5.74) is 17.3. The number of hydrogen-bond acceptors (Lipinski definition) is 2. The Kier molecular flexibility index (Phi) is 9.17. The van der Waals surface area contributed by atoms with Gasteiger partial charge in [0.15, 0.2) is 0 Å². The lowest BCUT2D eigenvalue weighted by Crippen LogP contribution is -2.12. The van der Waals surface area contributed by atoms with Crippen molar-refractivity contribution in [2.45, 2.75) is 0 Å². The molecule has 0 radical (unpaired) electrons. The number of anilines is 3. The van der Waals surface area contributed by atoms with Crippen molar-refractivity contribution in [3.05, 3.63) is 255 Å². The second-order valence-corrected chi connectivity index (χ2v) is 17.2. The Labute approximate surface area is 388 Å². The first-order chi connectivity index (χ1) is 33.2. The van der Waals surface area contributed by atoms with Gasteiger partial charge in [-0.1, -0.05) is 188 Å². The summed E-state index contributed by atoms with van der Waals surface area (Å²) in [5.74, 6) is 0. The zero-order chi connectivity index (χ0) is 44.3. The van der Waals surface area contributed by atoms with Crippen LogP contribution in [-0.2, 0) is 0 Å². The lowest BCUT2D eigenvalue weighted by Gasteiger charge is -2.29. The minimum atomic E-state index is 0.845. The average molecular weight is 855 g/mol. The number of fused-ring (bicyclic) bond motifs is 7. The summed E-state index contributed by atoms with van der Waals surface area (Å²) in [4.78, 5) is 2.41. The highest BCUT2D eigenvalue weighted by molar-refractivity contribution is 6.15. The summed E-state index contributed by atoms with van der Waals surface area (Å²) in [6, 6.07) is 91.9. The van der Waals surface area contributed by atoms with Gasteiger partial charge in [0.25, 0.3) is 0 Å². The fraction of sp³-hybridized carbons (Fsp3) is 0. The van der Waals surface area contributed by atoms with Crippen LogP contribution in [0.5, 0.6) is 0 Å². The summed E-state index contributed by atoms with van der Waals surface area (Å²) in [7, 11) is 0. The number of para-hydroxylation sites is 4. The first-order valence-corrected chi connectivity index (χ1v) is 22.9. The van der Waals surface area contributed by atoms with Gasteiger partial charge >= 0.3 is 0 Å². The Balaban J connectivity index is 1.04. The number of aromatic nitrogens is 1. The van der Waals surface area contributed by atoms with E-state index in [1.54, 1.807) is 0 Å². The van der Waals surface area contributed by atoms with Crippen molar-refractivity contribution >= 4 is 71.6 Å². The van der Waals surface area contributed by atoms with Crippen molar-refractivity contribution in [1.82, 2.24) is 4.57 Å². The Hall–Kier alpha value is -8.92. The lowest BCUT2D eigenvalue weighted by atomic mass is 9.95. The van der Waals surface area contributed by atoms with Crippen LogP contribution in [0.25, 0.3) is 105 Å². The minimum Gasteiger partial charge on any atom is -0.455 e.